The summed E-state index contributed by atoms with van der Waals surface area (Å²) >= 11 is 0. The van der Waals surface area contributed by atoms with Crippen LogP contribution in [0.4, 0.5) is 17.1 Å². The topological polar surface area (TPSA) is 16.4 Å². The third-order valence-electron chi connectivity index (χ3n) is 13.1. The van der Waals surface area contributed by atoms with Crippen molar-refractivity contribution < 1.29 is 4.42 Å². The molecule has 0 spiro atoms. The smallest absolute Gasteiger partial charge is 0.143 e. The van der Waals surface area contributed by atoms with Crippen LogP contribution in [-0.4, -0.2) is 0 Å². The van der Waals surface area contributed by atoms with Crippen LogP contribution < -0.4 is 4.90 Å². The molecule has 9 aromatic carbocycles. The quantitative estimate of drug-likeness (QED) is 0.167. The van der Waals surface area contributed by atoms with Gasteiger partial charge in [-0.05, 0) is 97.1 Å². The Morgan fingerprint density at radius 1 is 0.443 bits per heavy atom. The van der Waals surface area contributed by atoms with Crippen LogP contribution in [0, 0.1) is 0 Å². The number of hydrogen-bond acceptors (Lipinski definition) is 2. The Balaban J connectivity index is 1.22. The van der Waals surface area contributed by atoms with Gasteiger partial charge < -0.3 is 9.32 Å². The molecule has 1 aliphatic rings. The van der Waals surface area contributed by atoms with Crippen LogP contribution in [0.25, 0.3) is 77.2 Å². The van der Waals surface area contributed by atoms with Crippen molar-refractivity contribution in [3.63, 3.8) is 0 Å². The molecule has 0 saturated heterocycles. The zero-order valence-electron chi connectivity index (χ0n) is 35.3. The monoisotopic (exact) mass is 785 g/mol. The van der Waals surface area contributed by atoms with Gasteiger partial charge in [0.25, 0.3) is 0 Å². The molecule has 61 heavy (non-hydrogen) atoms. The molecule has 0 N–H and O–H groups in total. The third kappa shape index (κ3) is 6.00. The molecule has 1 aromatic heterocycles. The molecule has 294 valence electrons. The molecule has 1 aliphatic carbocycles. The van der Waals surface area contributed by atoms with E-state index >= 15 is 0 Å². The number of hydrogen-bond donors (Lipinski definition) is 0. The molecule has 1 heterocycles. The average molecular weight is 786 g/mol. The first-order valence-corrected chi connectivity index (χ1v) is 21.4. The first-order valence-electron chi connectivity index (χ1n) is 21.4. The standard InChI is InChI=1S/C59H47NO/c1-58(2,3)42-30-26-38(27-31-42)41-29-34-53(49(36-41)39-16-7-6-8-17-39)60(43-32-33-52-50(37-43)45-20-11-13-24-51(45)59(52,4)5)54-35-28-40-18-9-10-19-44(40)56(54)48-23-15-22-47-46-21-12-14-25-55(46)61-57(47)48/h6-37H,1-5H3. The summed E-state index contributed by atoms with van der Waals surface area (Å²) in [4.78, 5) is 2.51. The predicted molar refractivity (Wildman–Crippen MR) is 258 cm³/mol. The lowest BCUT2D eigenvalue weighted by atomic mass is 9.82. The Hall–Kier alpha value is -7.16. The van der Waals surface area contributed by atoms with Gasteiger partial charge in [-0.3, -0.25) is 0 Å². The molecule has 2 nitrogen and oxygen atoms in total. The van der Waals surface area contributed by atoms with Gasteiger partial charge in [-0.15, -0.1) is 0 Å². The fourth-order valence-corrected chi connectivity index (χ4v) is 9.85. The van der Waals surface area contributed by atoms with Crippen LogP contribution in [0.5, 0.6) is 0 Å². The van der Waals surface area contributed by atoms with Gasteiger partial charge in [0.1, 0.15) is 11.2 Å². The largest absolute Gasteiger partial charge is 0.455 e. The Labute approximate surface area is 358 Å². The van der Waals surface area contributed by atoms with Crippen molar-refractivity contribution in [2.24, 2.45) is 0 Å². The van der Waals surface area contributed by atoms with E-state index in [9.17, 15) is 0 Å². The second-order valence-corrected chi connectivity index (χ2v) is 18.1. The highest BCUT2D eigenvalue weighted by Gasteiger charge is 2.36. The van der Waals surface area contributed by atoms with Gasteiger partial charge >= 0.3 is 0 Å². The molecule has 0 bridgehead atoms. The fraction of sp³-hybridized carbons (Fsp3) is 0.119. The molecular formula is C59H47NO. The lowest BCUT2D eigenvalue weighted by molar-refractivity contribution is 0.590. The van der Waals surface area contributed by atoms with E-state index in [1.54, 1.807) is 0 Å². The van der Waals surface area contributed by atoms with Crippen LogP contribution >= 0.6 is 0 Å². The van der Waals surface area contributed by atoms with Gasteiger partial charge in [0.15, 0.2) is 0 Å². The molecule has 0 amide bonds. The zero-order valence-corrected chi connectivity index (χ0v) is 35.3. The highest BCUT2D eigenvalue weighted by atomic mass is 16.3. The van der Waals surface area contributed by atoms with Crippen LogP contribution in [0.3, 0.4) is 0 Å². The van der Waals surface area contributed by atoms with Crippen molar-refractivity contribution in [1.29, 1.82) is 0 Å². The molecule has 0 radical (unpaired) electrons. The van der Waals surface area contributed by atoms with Gasteiger partial charge in [0, 0.05) is 38.6 Å². The number of para-hydroxylation sites is 2. The first-order chi connectivity index (χ1) is 29.6. The number of benzene rings is 9. The Bertz CT molecular complexity index is 3310. The Morgan fingerprint density at radius 3 is 1.92 bits per heavy atom. The molecule has 0 aliphatic heterocycles. The molecule has 0 unspecified atom stereocenters. The van der Waals surface area contributed by atoms with Gasteiger partial charge in [-0.25, -0.2) is 0 Å². The van der Waals surface area contributed by atoms with E-state index in [-0.39, 0.29) is 10.8 Å². The van der Waals surface area contributed by atoms with Gasteiger partial charge in [-0.2, -0.15) is 0 Å². The van der Waals surface area contributed by atoms with E-state index in [1.165, 1.54) is 49.7 Å². The van der Waals surface area contributed by atoms with E-state index < -0.39 is 0 Å². The SMILES string of the molecule is CC(C)(C)c1ccc(-c2ccc(N(c3ccc4c(c3)-c3ccccc3C4(C)C)c3ccc4ccccc4c3-c3cccc4c3oc3ccccc34)c(-c3ccccc3)c2)cc1. The van der Waals surface area contributed by atoms with Crippen molar-refractivity contribution in [3.8, 4) is 44.5 Å². The van der Waals surface area contributed by atoms with Crippen molar-refractivity contribution >= 4 is 49.8 Å². The highest BCUT2D eigenvalue weighted by Crippen LogP contribution is 2.53. The van der Waals surface area contributed by atoms with Crippen molar-refractivity contribution in [2.75, 3.05) is 4.90 Å². The molecule has 11 rings (SSSR count). The summed E-state index contributed by atoms with van der Waals surface area (Å²) in [7, 11) is 0. The van der Waals surface area contributed by atoms with Crippen LogP contribution in [0.2, 0.25) is 0 Å². The van der Waals surface area contributed by atoms with Crippen LogP contribution in [0.15, 0.2) is 199 Å². The molecule has 2 heteroatoms. The normalized spacial score (nSPS) is 13.1. The van der Waals surface area contributed by atoms with Crippen molar-refractivity contribution in [1.82, 2.24) is 0 Å². The molecule has 0 atom stereocenters. The summed E-state index contributed by atoms with van der Waals surface area (Å²) in [5, 5.41) is 4.58. The summed E-state index contributed by atoms with van der Waals surface area (Å²) in [5.41, 5.74) is 18.5. The minimum atomic E-state index is -0.111. The van der Waals surface area contributed by atoms with Crippen molar-refractivity contribution in [2.45, 2.75) is 45.4 Å². The summed E-state index contributed by atoms with van der Waals surface area (Å²) < 4.78 is 6.82. The lowest BCUT2D eigenvalue weighted by Crippen LogP contribution is -2.16. The number of fused-ring (bicyclic) bond motifs is 7. The first kappa shape index (κ1) is 36.9. The maximum atomic E-state index is 6.82. The second kappa shape index (κ2) is 14.0. The van der Waals surface area contributed by atoms with E-state index in [0.29, 0.717) is 0 Å². The maximum Gasteiger partial charge on any atom is 0.143 e. The summed E-state index contributed by atoms with van der Waals surface area (Å²) in [6, 6.07) is 71.4. The zero-order chi connectivity index (χ0) is 41.5. The third-order valence-corrected chi connectivity index (χ3v) is 13.1. The summed E-state index contributed by atoms with van der Waals surface area (Å²) in [6.07, 6.45) is 0. The van der Waals surface area contributed by atoms with E-state index in [4.69, 9.17) is 4.42 Å². The van der Waals surface area contributed by atoms with Crippen molar-refractivity contribution in [3.05, 3.63) is 211 Å². The number of rotatable bonds is 6. The average Bonchev–Trinajstić information content (AvgIpc) is 3.78. The summed E-state index contributed by atoms with van der Waals surface area (Å²) in [5.74, 6) is 0. The molecule has 0 saturated carbocycles. The van der Waals surface area contributed by atoms with E-state index in [0.717, 1.165) is 61.3 Å². The Kier molecular flexibility index (Phi) is 8.44. The minimum absolute atomic E-state index is 0.0773. The Morgan fingerprint density at radius 2 is 1.10 bits per heavy atom. The van der Waals surface area contributed by atoms with Gasteiger partial charge in [0.2, 0.25) is 0 Å². The van der Waals surface area contributed by atoms with Gasteiger partial charge in [-0.1, -0.05) is 192 Å². The minimum Gasteiger partial charge on any atom is -0.455 e. The number of nitrogens with zero attached hydrogens (tertiary/aromatic N) is 1. The fourth-order valence-electron chi connectivity index (χ4n) is 9.85. The predicted octanol–water partition coefficient (Wildman–Crippen LogP) is 16.8. The highest BCUT2D eigenvalue weighted by molar-refractivity contribution is 6.15. The van der Waals surface area contributed by atoms with E-state index in [1.807, 2.05) is 0 Å². The van der Waals surface area contributed by atoms with E-state index in [2.05, 4.69) is 234 Å². The summed E-state index contributed by atoms with van der Waals surface area (Å²) in [6.45, 7) is 11.5. The lowest BCUT2D eigenvalue weighted by Gasteiger charge is -2.31. The number of furan rings is 1. The molecule has 10 aromatic rings. The second-order valence-electron chi connectivity index (χ2n) is 18.1. The maximum absolute atomic E-state index is 6.82. The van der Waals surface area contributed by atoms with Crippen LogP contribution in [-0.2, 0) is 10.8 Å². The molecule has 0 fully saturated rings. The number of anilines is 3. The van der Waals surface area contributed by atoms with Crippen LogP contribution in [0.1, 0.15) is 51.3 Å². The van der Waals surface area contributed by atoms with Gasteiger partial charge in [0.05, 0.1) is 11.4 Å². The molecular weight excluding hydrogens is 739 g/mol.